The van der Waals surface area contributed by atoms with Crippen molar-refractivity contribution in [3.05, 3.63) is 0 Å². The lowest BCUT2D eigenvalue weighted by atomic mass is 10.0. The Hall–Kier alpha value is -1.94. The van der Waals surface area contributed by atoms with Crippen LogP contribution in [0.2, 0.25) is 0 Å². The van der Waals surface area contributed by atoms with Gasteiger partial charge in [0, 0.05) is 25.7 Å². The van der Waals surface area contributed by atoms with E-state index in [0.29, 0.717) is 25.7 Å². The molecule has 95 heavy (non-hydrogen) atoms. The van der Waals surface area contributed by atoms with E-state index >= 15 is 0 Å². The van der Waals surface area contributed by atoms with Crippen LogP contribution in [0.1, 0.15) is 401 Å². The summed E-state index contributed by atoms with van der Waals surface area (Å²) in [4.78, 5) is 72.6. The van der Waals surface area contributed by atoms with Crippen LogP contribution in [0.5, 0.6) is 0 Å². The number of carbonyl (C=O) groups is 4. The largest absolute Gasteiger partial charge is 0.472 e. The maximum atomic E-state index is 13.1. The number of esters is 4. The van der Waals surface area contributed by atoms with Gasteiger partial charge in [-0.1, -0.05) is 349 Å². The average molecular weight is 1400 g/mol. The highest BCUT2D eigenvalue weighted by atomic mass is 31.2. The summed E-state index contributed by atoms with van der Waals surface area (Å²) in [7, 11) is -9.90. The van der Waals surface area contributed by atoms with Crippen molar-refractivity contribution in [1.29, 1.82) is 0 Å². The highest BCUT2D eigenvalue weighted by Crippen LogP contribution is 2.45. The summed E-state index contributed by atoms with van der Waals surface area (Å²) in [5, 5.41) is 10.6. The summed E-state index contributed by atoms with van der Waals surface area (Å²) >= 11 is 0. The molecule has 2 unspecified atom stereocenters. The molecule has 0 amide bonds. The van der Waals surface area contributed by atoms with Gasteiger partial charge in [0.15, 0.2) is 12.2 Å². The third kappa shape index (κ3) is 70.3. The van der Waals surface area contributed by atoms with Gasteiger partial charge in [0.25, 0.3) is 0 Å². The zero-order valence-electron chi connectivity index (χ0n) is 61.8. The zero-order valence-corrected chi connectivity index (χ0v) is 63.6. The summed E-state index contributed by atoms with van der Waals surface area (Å²) in [6.45, 7) is 7.27. The second kappa shape index (κ2) is 69.2. The van der Waals surface area contributed by atoms with Crippen molar-refractivity contribution < 1.29 is 80.2 Å². The second-order valence-electron chi connectivity index (χ2n) is 27.9. The number of carbonyl (C=O) groups excluding carboxylic acids is 4. The molecule has 19 heteroatoms. The highest BCUT2D eigenvalue weighted by molar-refractivity contribution is 7.47. The maximum absolute atomic E-state index is 13.1. The predicted octanol–water partition coefficient (Wildman–Crippen LogP) is 22.5. The summed E-state index contributed by atoms with van der Waals surface area (Å²) in [5.74, 6) is -1.32. The Morgan fingerprint density at radius 3 is 0.716 bits per heavy atom. The highest BCUT2D eigenvalue weighted by Gasteiger charge is 2.30. The zero-order chi connectivity index (χ0) is 69.8. The number of phosphoric ester groups is 2. The van der Waals surface area contributed by atoms with Gasteiger partial charge in [-0.25, -0.2) is 9.13 Å². The molecule has 0 rings (SSSR count). The van der Waals surface area contributed by atoms with Gasteiger partial charge in [0.1, 0.15) is 19.3 Å². The first-order valence-electron chi connectivity index (χ1n) is 39.6. The van der Waals surface area contributed by atoms with Crippen LogP contribution in [0.4, 0.5) is 0 Å². The third-order valence-electron chi connectivity index (χ3n) is 17.8. The normalized spacial score (nSPS) is 13.9. The lowest BCUT2D eigenvalue weighted by Gasteiger charge is -2.21. The van der Waals surface area contributed by atoms with E-state index in [1.165, 1.54) is 212 Å². The summed E-state index contributed by atoms with van der Waals surface area (Å²) in [6, 6.07) is 0. The third-order valence-corrected chi connectivity index (χ3v) is 19.7. The summed E-state index contributed by atoms with van der Waals surface area (Å²) < 4.78 is 68.4. The molecular formula is C76H148O17P2. The van der Waals surface area contributed by atoms with E-state index in [4.69, 9.17) is 37.0 Å². The second-order valence-corrected chi connectivity index (χ2v) is 30.8. The lowest BCUT2D eigenvalue weighted by molar-refractivity contribution is -0.161. The van der Waals surface area contributed by atoms with E-state index in [1.807, 2.05) is 0 Å². The van der Waals surface area contributed by atoms with Crippen molar-refractivity contribution in [1.82, 2.24) is 0 Å². The Morgan fingerprint density at radius 2 is 0.484 bits per heavy atom. The number of hydrogen-bond acceptors (Lipinski definition) is 15. The van der Waals surface area contributed by atoms with Crippen LogP contribution in [-0.4, -0.2) is 96.7 Å². The number of hydrogen-bond donors (Lipinski definition) is 3. The summed E-state index contributed by atoms with van der Waals surface area (Å²) in [5.41, 5.74) is 0. The molecule has 0 aliphatic heterocycles. The van der Waals surface area contributed by atoms with Crippen LogP contribution in [0.15, 0.2) is 0 Å². The summed E-state index contributed by atoms with van der Waals surface area (Å²) in [6.07, 6.45) is 58.5. The van der Waals surface area contributed by atoms with Gasteiger partial charge in [-0.15, -0.1) is 0 Å². The molecule has 17 nitrogen and oxygen atoms in total. The van der Waals surface area contributed by atoms with Crippen molar-refractivity contribution in [2.75, 3.05) is 39.6 Å². The SMILES string of the molecule is CCCCCCCCCCCCCCCCCCCCCCC(=O)O[C@H](COC(=O)CCCCCCCCCCCCCCCCC(C)C)COP(=O)(O)OC[C@@H](O)COP(=O)(O)OC[C@@H](COC(=O)CCCCCCCCC)OC(=O)CCCCCCCCCCCCC. The average Bonchev–Trinajstić information content (AvgIpc) is 1.25. The molecular weight excluding hydrogens is 1250 g/mol. The molecule has 0 saturated carbocycles. The van der Waals surface area contributed by atoms with E-state index in [1.54, 1.807) is 0 Å². The Morgan fingerprint density at radius 1 is 0.284 bits per heavy atom. The minimum atomic E-state index is -4.96. The van der Waals surface area contributed by atoms with Gasteiger partial charge in [-0.05, 0) is 31.6 Å². The molecule has 0 bridgehead atoms. The fourth-order valence-corrected chi connectivity index (χ4v) is 13.3. The predicted molar refractivity (Wildman–Crippen MR) is 386 cm³/mol. The number of aliphatic hydroxyl groups is 1. The Kier molecular flexibility index (Phi) is 67.7. The number of ether oxygens (including phenoxy) is 4. The van der Waals surface area contributed by atoms with Gasteiger partial charge in [-0.3, -0.25) is 37.3 Å². The topological polar surface area (TPSA) is 237 Å². The van der Waals surface area contributed by atoms with E-state index in [-0.39, 0.29) is 25.7 Å². The standard InChI is InChI=1S/C76H148O17P2/c1-6-9-12-15-18-20-22-23-24-25-26-27-28-29-34-38-42-47-52-57-62-76(81)93-72(66-87-74(79)60-55-50-45-40-37-33-31-30-32-36-39-44-48-53-58-69(4)5)68-91-95(84,85)89-64-70(77)63-88-94(82,83)90-67-71(65-86-73(78)59-54-49-43-17-14-11-8-3)92-75(80)61-56-51-46-41-35-21-19-16-13-10-7-2/h69-72,77H,6-68H2,1-5H3,(H,82,83)(H,84,85)/t70-,71+,72+/m0/s1. The monoisotopic (exact) mass is 1400 g/mol. The first-order valence-corrected chi connectivity index (χ1v) is 42.6. The number of aliphatic hydroxyl groups excluding tert-OH is 1. The van der Waals surface area contributed by atoms with Crippen LogP contribution >= 0.6 is 15.6 Å². The number of unbranched alkanes of at least 4 members (excludes halogenated alkanes) is 48. The maximum Gasteiger partial charge on any atom is 0.472 e. The van der Waals surface area contributed by atoms with Gasteiger partial charge >= 0.3 is 39.5 Å². The van der Waals surface area contributed by atoms with Crippen molar-refractivity contribution in [3.8, 4) is 0 Å². The molecule has 0 aromatic carbocycles. The molecule has 564 valence electrons. The minimum absolute atomic E-state index is 0.107. The van der Waals surface area contributed by atoms with Crippen molar-refractivity contribution in [2.24, 2.45) is 5.92 Å². The molecule has 0 radical (unpaired) electrons. The van der Waals surface area contributed by atoms with Crippen LogP contribution < -0.4 is 0 Å². The molecule has 3 N–H and O–H groups in total. The molecule has 0 saturated heterocycles. The van der Waals surface area contributed by atoms with E-state index < -0.39 is 97.5 Å². The minimum Gasteiger partial charge on any atom is -0.462 e. The van der Waals surface area contributed by atoms with Crippen molar-refractivity contribution in [2.45, 2.75) is 419 Å². The van der Waals surface area contributed by atoms with Crippen molar-refractivity contribution >= 4 is 39.5 Å². The fraction of sp³-hybridized carbons (Fsp3) is 0.947. The first-order chi connectivity index (χ1) is 46.0. The Bertz CT molecular complexity index is 1820. The van der Waals surface area contributed by atoms with Gasteiger partial charge < -0.3 is 33.8 Å². The number of phosphoric acid groups is 2. The van der Waals surface area contributed by atoms with Gasteiger partial charge in [-0.2, -0.15) is 0 Å². The molecule has 0 aliphatic rings. The smallest absolute Gasteiger partial charge is 0.462 e. The molecule has 0 aliphatic carbocycles. The lowest BCUT2D eigenvalue weighted by Crippen LogP contribution is -2.30. The first kappa shape index (κ1) is 93.1. The molecule has 0 heterocycles. The van der Waals surface area contributed by atoms with E-state index in [0.717, 1.165) is 109 Å². The van der Waals surface area contributed by atoms with Gasteiger partial charge in [0.2, 0.25) is 0 Å². The fourth-order valence-electron chi connectivity index (χ4n) is 11.7. The van der Waals surface area contributed by atoms with Crippen molar-refractivity contribution in [3.63, 3.8) is 0 Å². The van der Waals surface area contributed by atoms with E-state index in [9.17, 15) is 43.2 Å². The molecule has 5 atom stereocenters. The van der Waals surface area contributed by atoms with E-state index in [2.05, 4.69) is 34.6 Å². The quantitative estimate of drug-likeness (QED) is 0.0222. The molecule has 0 aromatic heterocycles. The Balaban J connectivity index is 5.17. The molecule has 0 spiro atoms. The van der Waals surface area contributed by atoms with Crippen LogP contribution in [-0.2, 0) is 65.4 Å². The van der Waals surface area contributed by atoms with Crippen LogP contribution in [0.25, 0.3) is 0 Å². The Labute approximate surface area is 581 Å². The van der Waals surface area contributed by atoms with Crippen LogP contribution in [0, 0.1) is 5.92 Å². The van der Waals surface area contributed by atoms with Gasteiger partial charge in [0.05, 0.1) is 26.4 Å². The van der Waals surface area contributed by atoms with Crippen LogP contribution in [0.3, 0.4) is 0 Å². The number of rotatable bonds is 76. The molecule has 0 fully saturated rings. The molecule has 0 aromatic rings.